The van der Waals surface area contributed by atoms with Crippen LogP contribution in [0.15, 0.2) is 29.2 Å². The van der Waals surface area contributed by atoms with Crippen molar-refractivity contribution >= 4 is 9.84 Å². The molecule has 0 N–H and O–H groups in total. The van der Waals surface area contributed by atoms with Crippen LogP contribution in [0.25, 0.3) is 0 Å². The summed E-state index contributed by atoms with van der Waals surface area (Å²) in [4.78, 5) is 0.418. The van der Waals surface area contributed by atoms with Crippen molar-refractivity contribution in [3.8, 4) is 0 Å². The summed E-state index contributed by atoms with van der Waals surface area (Å²) in [7, 11) is -3.38. The molecule has 2 rings (SSSR count). The molecule has 124 valence electrons. The Morgan fingerprint density at radius 2 is 1.82 bits per heavy atom. The van der Waals surface area contributed by atoms with Gasteiger partial charge in [-0.05, 0) is 50.2 Å². The molecule has 0 bridgehead atoms. The molecule has 0 amide bonds. The molecule has 0 radical (unpaired) electrons. The summed E-state index contributed by atoms with van der Waals surface area (Å²) in [5.41, 5.74) is 1.02. The van der Waals surface area contributed by atoms with E-state index in [1.54, 1.807) is 12.1 Å². The van der Waals surface area contributed by atoms with Crippen LogP contribution in [-0.4, -0.2) is 26.4 Å². The molecule has 2 atom stereocenters. The maximum absolute atomic E-state index is 13.1. The number of rotatable bonds is 4. The Hall–Kier alpha value is -0.870. The Bertz CT molecular complexity index is 576. The number of hydrogen-bond acceptors (Lipinski definition) is 3. The predicted octanol–water partition coefficient (Wildman–Crippen LogP) is 4.14. The van der Waals surface area contributed by atoms with Gasteiger partial charge in [-0.3, -0.25) is 0 Å². The smallest absolute Gasteiger partial charge is 0.183 e. The third-order valence-electron chi connectivity index (χ3n) is 4.19. The number of sulfone groups is 1. The van der Waals surface area contributed by atoms with Crippen LogP contribution < -0.4 is 0 Å². The first-order valence-electron chi connectivity index (χ1n) is 8.12. The van der Waals surface area contributed by atoms with E-state index in [0.29, 0.717) is 17.9 Å². The summed E-state index contributed by atoms with van der Waals surface area (Å²) in [6.45, 7) is 8.91. The van der Waals surface area contributed by atoms with E-state index in [0.717, 1.165) is 24.8 Å². The van der Waals surface area contributed by atoms with E-state index in [4.69, 9.17) is 4.74 Å². The number of ether oxygens (including phenoxy) is 1. The summed E-state index contributed by atoms with van der Waals surface area (Å²) in [6.07, 6.45) is 3.36. The molecule has 1 aromatic rings. The van der Waals surface area contributed by atoms with E-state index in [1.165, 1.54) is 0 Å². The number of aryl methyl sites for hydroxylation is 1. The van der Waals surface area contributed by atoms with Crippen LogP contribution in [0.2, 0.25) is 0 Å². The third-order valence-corrected chi connectivity index (χ3v) is 6.39. The van der Waals surface area contributed by atoms with Gasteiger partial charge in [-0.1, -0.05) is 38.5 Å². The van der Waals surface area contributed by atoms with Gasteiger partial charge in [0.25, 0.3) is 0 Å². The summed E-state index contributed by atoms with van der Waals surface area (Å²) < 4.78 is 32.1. The first kappa shape index (κ1) is 17.5. The van der Waals surface area contributed by atoms with Gasteiger partial charge in [0.1, 0.15) is 0 Å². The highest BCUT2D eigenvalue weighted by atomic mass is 32.2. The zero-order valence-corrected chi connectivity index (χ0v) is 14.9. The molecule has 4 heteroatoms. The van der Waals surface area contributed by atoms with Gasteiger partial charge in [0, 0.05) is 6.61 Å². The quantitative estimate of drug-likeness (QED) is 0.836. The molecule has 0 aromatic heterocycles. The fourth-order valence-electron chi connectivity index (χ4n) is 3.01. The van der Waals surface area contributed by atoms with Gasteiger partial charge in [-0.2, -0.15) is 0 Å². The SMILES string of the molecule is Cc1ccc(S(=O)(=O)[C@@H](CC(C)(C)C)[C@H]2CCCCO2)cc1. The van der Waals surface area contributed by atoms with Gasteiger partial charge < -0.3 is 4.74 Å². The molecule has 3 nitrogen and oxygen atoms in total. The largest absolute Gasteiger partial charge is 0.377 e. The van der Waals surface area contributed by atoms with Crippen LogP contribution in [-0.2, 0) is 14.6 Å². The maximum atomic E-state index is 13.1. The molecule has 0 spiro atoms. The van der Waals surface area contributed by atoms with Gasteiger partial charge >= 0.3 is 0 Å². The van der Waals surface area contributed by atoms with Gasteiger partial charge in [-0.15, -0.1) is 0 Å². The van der Waals surface area contributed by atoms with Crippen LogP contribution in [0, 0.1) is 12.3 Å². The Labute approximate surface area is 135 Å². The minimum absolute atomic E-state index is 0.0523. The highest BCUT2D eigenvalue weighted by Gasteiger charge is 2.38. The molecule has 1 saturated heterocycles. The normalized spacial score (nSPS) is 21.5. The molecule has 0 unspecified atom stereocenters. The zero-order valence-electron chi connectivity index (χ0n) is 14.1. The monoisotopic (exact) mass is 324 g/mol. The zero-order chi connectivity index (χ0) is 16.4. The number of hydrogen-bond donors (Lipinski definition) is 0. The van der Waals surface area contributed by atoms with Crippen molar-refractivity contribution in [3.05, 3.63) is 29.8 Å². The number of benzene rings is 1. The second-order valence-corrected chi connectivity index (χ2v) is 9.73. The maximum Gasteiger partial charge on any atom is 0.183 e. The molecular weight excluding hydrogens is 296 g/mol. The highest BCUT2D eigenvalue weighted by Crippen LogP contribution is 2.33. The summed E-state index contributed by atoms with van der Waals surface area (Å²) in [6, 6.07) is 7.18. The van der Waals surface area contributed by atoms with Crippen LogP contribution in [0.5, 0.6) is 0 Å². The topological polar surface area (TPSA) is 43.4 Å². The van der Waals surface area contributed by atoms with Crippen LogP contribution in [0.4, 0.5) is 0 Å². The third kappa shape index (κ3) is 4.32. The average molecular weight is 324 g/mol. The molecule has 22 heavy (non-hydrogen) atoms. The average Bonchev–Trinajstić information content (AvgIpc) is 2.45. The predicted molar refractivity (Wildman–Crippen MR) is 89.8 cm³/mol. The van der Waals surface area contributed by atoms with E-state index in [9.17, 15) is 8.42 Å². The summed E-state index contributed by atoms with van der Waals surface area (Å²) in [5.74, 6) is 0. The van der Waals surface area contributed by atoms with E-state index >= 15 is 0 Å². The van der Waals surface area contributed by atoms with Crippen LogP contribution >= 0.6 is 0 Å². The van der Waals surface area contributed by atoms with Crippen molar-refractivity contribution in [2.75, 3.05) is 6.61 Å². The van der Waals surface area contributed by atoms with E-state index in [-0.39, 0.29) is 11.5 Å². The lowest BCUT2D eigenvalue weighted by Crippen LogP contribution is -2.40. The highest BCUT2D eigenvalue weighted by molar-refractivity contribution is 7.92. The van der Waals surface area contributed by atoms with Gasteiger partial charge in [0.15, 0.2) is 9.84 Å². The van der Waals surface area contributed by atoms with Gasteiger partial charge in [-0.25, -0.2) is 8.42 Å². The summed E-state index contributed by atoms with van der Waals surface area (Å²) in [5, 5.41) is -0.462. The van der Waals surface area contributed by atoms with Crippen molar-refractivity contribution in [2.24, 2.45) is 5.41 Å². The van der Waals surface area contributed by atoms with Gasteiger partial charge in [0.2, 0.25) is 0 Å². The van der Waals surface area contributed by atoms with Crippen molar-refractivity contribution in [3.63, 3.8) is 0 Å². The Kier molecular flexibility index (Phi) is 5.33. The van der Waals surface area contributed by atoms with Crippen molar-refractivity contribution in [1.82, 2.24) is 0 Å². The minimum atomic E-state index is -3.38. The molecule has 0 aliphatic carbocycles. The summed E-state index contributed by atoms with van der Waals surface area (Å²) >= 11 is 0. The van der Waals surface area contributed by atoms with Crippen molar-refractivity contribution < 1.29 is 13.2 Å². The molecule has 1 heterocycles. The lowest BCUT2D eigenvalue weighted by molar-refractivity contribution is 0.00766. The Balaban J connectivity index is 2.35. The molecule has 1 aliphatic heterocycles. The van der Waals surface area contributed by atoms with E-state index in [2.05, 4.69) is 20.8 Å². The molecule has 1 fully saturated rings. The van der Waals surface area contributed by atoms with Crippen molar-refractivity contribution in [2.45, 2.75) is 69.6 Å². The second kappa shape index (κ2) is 6.71. The lowest BCUT2D eigenvalue weighted by Gasteiger charge is -2.34. The van der Waals surface area contributed by atoms with Gasteiger partial charge in [0.05, 0.1) is 16.2 Å². The Morgan fingerprint density at radius 1 is 1.18 bits per heavy atom. The first-order chi connectivity index (χ1) is 10.2. The van der Waals surface area contributed by atoms with Crippen molar-refractivity contribution in [1.29, 1.82) is 0 Å². The van der Waals surface area contributed by atoms with E-state index < -0.39 is 15.1 Å². The molecule has 1 aromatic carbocycles. The standard InChI is InChI=1S/C18H28O3S/c1-14-8-10-15(11-9-14)22(19,20)17(13-18(2,3)4)16-7-5-6-12-21-16/h8-11,16-17H,5-7,12-13H2,1-4H3/t16-,17+/m1/s1. The van der Waals surface area contributed by atoms with Crippen LogP contribution in [0.1, 0.15) is 52.0 Å². The second-order valence-electron chi connectivity index (χ2n) is 7.57. The minimum Gasteiger partial charge on any atom is -0.377 e. The van der Waals surface area contributed by atoms with E-state index in [1.807, 2.05) is 19.1 Å². The fourth-order valence-corrected chi connectivity index (χ4v) is 5.20. The molecule has 0 saturated carbocycles. The Morgan fingerprint density at radius 3 is 2.32 bits per heavy atom. The molecule has 1 aliphatic rings. The fraction of sp³-hybridized carbons (Fsp3) is 0.667. The first-order valence-corrected chi connectivity index (χ1v) is 9.67. The van der Waals surface area contributed by atoms with Crippen LogP contribution in [0.3, 0.4) is 0 Å². The lowest BCUT2D eigenvalue weighted by atomic mass is 9.87. The molecular formula is C18H28O3S.